The van der Waals surface area contributed by atoms with Crippen molar-refractivity contribution in [1.29, 1.82) is 0 Å². The molecule has 1 N–H and O–H groups in total. The van der Waals surface area contributed by atoms with Crippen LogP contribution in [-0.4, -0.2) is 15.8 Å². The van der Waals surface area contributed by atoms with Gasteiger partial charge in [-0.15, -0.1) is 0 Å². The third-order valence-corrected chi connectivity index (χ3v) is 6.11. The molecule has 0 radical (unpaired) electrons. The van der Waals surface area contributed by atoms with Crippen molar-refractivity contribution >= 4 is 16.9 Å². The van der Waals surface area contributed by atoms with Gasteiger partial charge in [0.15, 0.2) is 5.58 Å². The zero-order valence-electron chi connectivity index (χ0n) is 17.5. The molecule has 1 aliphatic rings. The highest BCUT2D eigenvalue weighted by Gasteiger charge is 2.22. The summed E-state index contributed by atoms with van der Waals surface area (Å²) < 4.78 is 13.3. The van der Waals surface area contributed by atoms with E-state index >= 15 is 0 Å². The minimum Gasteiger partial charge on any atom is -0.489 e. The van der Waals surface area contributed by atoms with Gasteiger partial charge in [-0.3, -0.25) is 4.79 Å². The summed E-state index contributed by atoms with van der Waals surface area (Å²) in [6, 6.07) is 20.1. The third kappa shape index (κ3) is 3.68. The average Bonchev–Trinajstić information content (AvgIpc) is 3.46. The Labute approximate surface area is 184 Å². The van der Waals surface area contributed by atoms with Gasteiger partial charge in [-0.2, -0.15) is 4.74 Å². The fourth-order valence-corrected chi connectivity index (χ4v) is 4.48. The summed E-state index contributed by atoms with van der Waals surface area (Å²) in [5.74, 6) is -0.486. The Morgan fingerprint density at radius 3 is 2.56 bits per heavy atom. The molecule has 32 heavy (non-hydrogen) atoms. The second-order valence-corrected chi connectivity index (χ2v) is 8.11. The van der Waals surface area contributed by atoms with E-state index < -0.39 is 5.97 Å². The van der Waals surface area contributed by atoms with Crippen LogP contribution in [-0.2, 0) is 6.61 Å². The second-order valence-electron chi connectivity index (χ2n) is 8.11. The van der Waals surface area contributed by atoms with Gasteiger partial charge in [-0.05, 0) is 42.2 Å². The van der Waals surface area contributed by atoms with Gasteiger partial charge >= 0.3 is 5.97 Å². The number of rotatable bonds is 6. The van der Waals surface area contributed by atoms with Gasteiger partial charge in [-0.1, -0.05) is 55.3 Å². The Hall–Kier alpha value is -3.80. The molecule has 1 saturated carbocycles. The number of carboxylic acid groups (broad SMARTS) is 1. The van der Waals surface area contributed by atoms with Gasteiger partial charge in [0.25, 0.3) is 5.56 Å². The van der Waals surface area contributed by atoms with Crippen molar-refractivity contribution in [2.24, 2.45) is 0 Å². The van der Waals surface area contributed by atoms with Crippen LogP contribution in [0, 0.1) is 0 Å². The molecule has 0 spiro atoms. The lowest BCUT2D eigenvalue weighted by Gasteiger charge is -2.14. The molecule has 6 nitrogen and oxygen atoms in total. The number of ether oxygens (including phenoxy) is 1. The molecule has 5 rings (SSSR count). The molecule has 1 aliphatic carbocycles. The number of fused-ring (bicyclic) bond motifs is 1. The maximum absolute atomic E-state index is 12.7. The van der Waals surface area contributed by atoms with Gasteiger partial charge in [0, 0.05) is 11.6 Å². The highest BCUT2D eigenvalue weighted by atomic mass is 16.5. The summed E-state index contributed by atoms with van der Waals surface area (Å²) in [7, 11) is 0. The second kappa shape index (κ2) is 8.38. The quantitative estimate of drug-likeness (QED) is 0.428. The SMILES string of the molecule is O=C(O)c1cccc(-c2ccccc2)c1COc1ccc2c(=O)n(C3CCCC3)oc2c1. The monoisotopic (exact) mass is 429 g/mol. The first kappa shape index (κ1) is 20.1. The fraction of sp³-hybridized carbons (Fsp3) is 0.231. The van der Waals surface area contributed by atoms with Crippen molar-refractivity contribution in [2.75, 3.05) is 0 Å². The summed E-state index contributed by atoms with van der Waals surface area (Å²) in [6.45, 7) is 0.0752. The average molecular weight is 429 g/mol. The zero-order valence-corrected chi connectivity index (χ0v) is 17.5. The van der Waals surface area contributed by atoms with Crippen LogP contribution < -0.4 is 10.3 Å². The minimum atomic E-state index is -1.00. The molecule has 0 saturated heterocycles. The lowest BCUT2D eigenvalue weighted by atomic mass is 9.96. The molecule has 3 aromatic carbocycles. The van der Waals surface area contributed by atoms with Crippen molar-refractivity contribution in [1.82, 2.24) is 4.74 Å². The predicted octanol–water partition coefficient (Wildman–Crippen LogP) is 5.65. The molecule has 6 heteroatoms. The van der Waals surface area contributed by atoms with Crippen LogP contribution in [0.25, 0.3) is 22.1 Å². The largest absolute Gasteiger partial charge is 0.489 e. The molecular formula is C26H23NO5. The van der Waals surface area contributed by atoms with E-state index in [9.17, 15) is 14.7 Å². The maximum Gasteiger partial charge on any atom is 0.336 e. The number of aromatic carboxylic acids is 1. The summed E-state index contributed by atoms with van der Waals surface area (Å²) in [4.78, 5) is 24.5. The summed E-state index contributed by atoms with van der Waals surface area (Å²) >= 11 is 0. The molecule has 1 aromatic heterocycles. The van der Waals surface area contributed by atoms with Crippen LogP contribution >= 0.6 is 0 Å². The van der Waals surface area contributed by atoms with Crippen molar-refractivity contribution in [3.8, 4) is 16.9 Å². The van der Waals surface area contributed by atoms with Gasteiger partial charge < -0.3 is 14.4 Å². The van der Waals surface area contributed by atoms with Gasteiger partial charge in [0.05, 0.1) is 17.0 Å². The summed E-state index contributed by atoms with van der Waals surface area (Å²) in [5, 5.41) is 10.2. The Balaban J connectivity index is 1.47. The van der Waals surface area contributed by atoms with Gasteiger partial charge in [-0.25, -0.2) is 4.79 Å². The van der Waals surface area contributed by atoms with E-state index in [2.05, 4.69) is 0 Å². The number of aromatic nitrogens is 1. The van der Waals surface area contributed by atoms with Crippen molar-refractivity contribution in [3.63, 3.8) is 0 Å². The van der Waals surface area contributed by atoms with Gasteiger partial charge in [0.1, 0.15) is 12.4 Å². The first-order chi connectivity index (χ1) is 15.6. The molecule has 0 unspecified atom stereocenters. The van der Waals surface area contributed by atoms with Crippen molar-refractivity contribution < 1.29 is 19.2 Å². The third-order valence-electron chi connectivity index (χ3n) is 6.11. The van der Waals surface area contributed by atoms with E-state index in [0.717, 1.165) is 36.8 Å². The van der Waals surface area contributed by atoms with Gasteiger partial charge in [0.2, 0.25) is 0 Å². The summed E-state index contributed by atoms with van der Waals surface area (Å²) in [5.41, 5.74) is 2.90. The normalized spacial score (nSPS) is 14.1. The highest BCUT2D eigenvalue weighted by Crippen LogP contribution is 2.31. The van der Waals surface area contributed by atoms with Crippen LogP contribution in [0.5, 0.6) is 5.75 Å². The number of benzene rings is 3. The van der Waals surface area contributed by atoms with Crippen LogP contribution in [0.15, 0.2) is 76.0 Å². The van der Waals surface area contributed by atoms with E-state index in [-0.39, 0.29) is 23.8 Å². The van der Waals surface area contributed by atoms with Crippen LogP contribution in [0.1, 0.15) is 47.6 Å². The summed E-state index contributed by atoms with van der Waals surface area (Å²) in [6.07, 6.45) is 4.12. The topological polar surface area (TPSA) is 81.7 Å². The predicted molar refractivity (Wildman–Crippen MR) is 121 cm³/mol. The first-order valence-corrected chi connectivity index (χ1v) is 10.8. The lowest BCUT2D eigenvalue weighted by molar-refractivity contribution is 0.0694. The minimum absolute atomic E-state index is 0.0752. The van der Waals surface area contributed by atoms with Crippen LogP contribution in [0.4, 0.5) is 0 Å². The standard InChI is InChI=1S/C26H23NO5/c28-25-22-14-13-19(15-24(22)32-27(25)18-9-4-5-10-18)31-16-23-20(17-7-2-1-3-8-17)11-6-12-21(23)26(29)30/h1-3,6-8,11-15,18H,4-5,9-10,16H2,(H,29,30). The lowest BCUT2D eigenvalue weighted by Crippen LogP contribution is -2.18. The molecule has 1 heterocycles. The maximum atomic E-state index is 12.7. The van der Waals surface area contributed by atoms with E-state index in [0.29, 0.717) is 22.3 Å². The molecule has 162 valence electrons. The molecule has 0 aliphatic heterocycles. The molecular weight excluding hydrogens is 406 g/mol. The Morgan fingerprint density at radius 1 is 1.03 bits per heavy atom. The molecule has 0 atom stereocenters. The number of carboxylic acids is 1. The number of carbonyl (C=O) groups is 1. The van der Waals surface area contributed by atoms with E-state index in [1.165, 1.54) is 4.74 Å². The number of hydrogen-bond donors (Lipinski definition) is 1. The van der Waals surface area contributed by atoms with E-state index in [1.54, 1.807) is 30.3 Å². The van der Waals surface area contributed by atoms with Crippen LogP contribution in [0.3, 0.4) is 0 Å². The molecule has 0 amide bonds. The smallest absolute Gasteiger partial charge is 0.336 e. The van der Waals surface area contributed by atoms with E-state index in [1.807, 2.05) is 36.4 Å². The number of nitrogens with zero attached hydrogens (tertiary/aromatic N) is 1. The Kier molecular flexibility index (Phi) is 5.27. The molecule has 0 bridgehead atoms. The van der Waals surface area contributed by atoms with Crippen LogP contribution in [0.2, 0.25) is 0 Å². The van der Waals surface area contributed by atoms with Crippen molar-refractivity contribution in [2.45, 2.75) is 38.3 Å². The Morgan fingerprint density at radius 2 is 1.81 bits per heavy atom. The zero-order chi connectivity index (χ0) is 22.1. The van der Waals surface area contributed by atoms with Crippen molar-refractivity contribution in [3.05, 3.63) is 88.2 Å². The molecule has 4 aromatic rings. The van der Waals surface area contributed by atoms with E-state index in [4.69, 9.17) is 9.26 Å². The fourth-order valence-electron chi connectivity index (χ4n) is 4.48. The molecule has 1 fully saturated rings. The first-order valence-electron chi connectivity index (χ1n) is 10.8. The highest BCUT2D eigenvalue weighted by molar-refractivity contribution is 5.92. The Bertz CT molecular complexity index is 1330. The number of hydrogen-bond acceptors (Lipinski definition) is 4.